The second-order valence-electron chi connectivity index (χ2n) is 8.39. The smallest absolute Gasteiger partial charge is 0.220 e. The highest BCUT2D eigenvalue weighted by Gasteiger charge is 2.29. The number of hydrogen-bond acceptors (Lipinski definition) is 2. The number of fused-ring (bicyclic) bond motifs is 1. The van der Waals surface area contributed by atoms with Crippen LogP contribution in [-0.2, 0) is 16.0 Å². The van der Waals surface area contributed by atoms with Crippen molar-refractivity contribution in [3.63, 3.8) is 0 Å². The van der Waals surface area contributed by atoms with Gasteiger partial charge in [0.1, 0.15) is 0 Å². The Balaban J connectivity index is 1.55. The second-order valence-corrected chi connectivity index (χ2v) is 8.39. The van der Waals surface area contributed by atoms with Gasteiger partial charge in [0.05, 0.1) is 5.60 Å². The minimum atomic E-state index is -0.130. The summed E-state index contributed by atoms with van der Waals surface area (Å²) in [7, 11) is 0. The number of hydrogen-bond donors (Lipinski definition) is 1. The summed E-state index contributed by atoms with van der Waals surface area (Å²) in [5.41, 5.74) is 2.50. The molecule has 1 saturated heterocycles. The van der Waals surface area contributed by atoms with Crippen LogP contribution in [0.5, 0.6) is 0 Å². The Morgan fingerprint density at radius 2 is 2.12 bits per heavy atom. The first-order valence-electron chi connectivity index (χ1n) is 9.87. The normalized spacial score (nSPS) is 19.8. The van der Waals surface area contributed by atoms with Gasteiger partial charge in [0.15, 0.2) is 0 Å². The number of ether oxygens (including phenoxy) is 1. The van der Waals surface area contributed by atoms with E-state index in [0.717, 1.165) is 32.3 Å². The van der Waals surface area contributed by atoms with Crippen LogP contribution in [0.3, 0.4) is 0 Å². The molecule has 1 atom stereocenters. The molecule has 1 aromatic carbocycles. The van der Waals surface area contributed by atoms with Crippen LogP contribution < -0.4 is 5.32 Å². The fraction of sp³-hybridized carbons (Fsp3) is 0.591. The van der Waals surface area contributed by atoms with E-state index in [4.69, 9.17) is 4.74 Å². The maximum absolute atomic E-state index is 12.3. The van der Waals surface area contributed by atoms with Crippen molar-refractivity contribution in [3.05, 3.63) is 36.0 Å². The van der Waals surface area contributed by atoms with Gasteiger partial charge in [-0.1, -0.05) is 18.2 Å². The molecule has 26 heavy (non-hydrogen) atoms. The van der Waals surface area contributed by atoms with Gasteiger partial charge < -0.3 is 14.6 Å². The lowest BCUT2D eigenvalue weighted by atomic mass is 9.94. The average Bonchev–Trinajstić information content (AvgIpc) is 2.93. The molecule has 0 spiro atoms. The topological polar surface area (TPSA) is 43.3 Å². The zero-order valence-corrected chi connectivity index (χ0v) is 16.5. The van der Waals surface area contributed by atoms with Crippen LogP contribution in [0.2, 0.25) is 0 Å². The predicted octanol–water partition coefficient (Wildman–Crippen LogP) is 4.62. The zero-order chi connectivity index (χ0) is 18.7. The lowest BCUT2D eigenvalue weighted by molar-refractivity contribution is -0.124. The highest BCUT2D eigenvalue weighted by molar-refractivity contribution is 5.84. The molecule has 1 aromatic heterocycles. The van der Waals surface area contributed by atoms with Crippen molar-refractivity contribution in [2.75, 3.05) is 6.61 Å². The van der Waals surface area contributed by atoms with Crippen molar-refractivity contribution < 1.29 is 9.53 Å². The fourth-order valence-electron chi connectivity index (χ4n) is 4.00. The molecule has 2 heterocycles. The highest BCUT2D eigenvalue weighted by Crippen LogP contribution is 2.26. The first kappa shape index (κ1) is 19.0. The van der Waals surface area contributed by atoms with Crippen LogP contribution >= 0.6 is 0 Å². The molecule has 0 aliphatic carbocycles. The van der Waals surface area contributed by atoms with E-state index in [-0.39, 0.29) is 17.6 Å². The summed E-state index contributed by atoms with van der Waals surface area (Å²) in [6.45, 7) is 9.33. The van der Waals surface area contributed by atoms with Gasteiger partial charge in [-0.3, -0.25) is 4.79 Å². The summed E-state index contributed by atoms with van der Waals surface area (Å²) in [5, 5.41) is 4.51. The summed E-state index contributed by atoms with van der Waals surface area (Å²) in [4.78, 5) is 12.3. The number of nitrogens with one attached hydrogen (secondary N) is 1. The highest BCUT2D eigenvalue weighted by atomic mass is 16.5. The Kier molecular flexibility index (Phi) is 5.71. The summed E-state index contributed by atoms with van der Waals surface area (Å²) >= 11 is 0. The van der Waals surface area contributed by atoms with Crippen molar-refractivity contribution in [2.24, 2.45) is 0 Å². The molecule has 0 unspecified atom stereocenters. The largest absolute Gasteiger partial charge is 0.375 e. The van der Waals surface area contributed by atoms with Gasteiger partial charge in [-0.05, 0) is 65.0 Å². The van der Waals surface area contributed by atoms with Gasteiger partial charge in [-0.2, -0.15) is 0 Å². The standard InChI is InChI=1S/C22H32N2O2/c1-16(2)24-15-17(19-9-5-6-10-20(19)24)8-7-11-21(25)23-18-12-13-26-22(3,4)14-18/h5-6,9-10,15-16,18H,7-8,11-14H2,1-4H3,(H,23,25)/t18-/m1/s1. The van der Waals surface area contributed by atoms with E-state index >= 15 is 0 Å². The number of aryl methyl sites for hydroxylation is 1. The van der Waals surface area contributed by atoms with Gasteiger partial charge in [-0.25, -0.2) is 0 Å². The van der Waals surface area contributed by atoms with E-state index in [1.807, 2.05) is 0 Å². The molecule has 1 N–H and O–H groups in total. The SMILES string of the molecule is CC(C)n1cc(CCCC(=O)N[C@@H]2CCOC(C)(C)C2)c2ccccc21. The van der Waals surface area contributed by atoms with Crippen LogP contribution in [0, 0.1) is 0 Å². The minimum absolute atomic E-state index is 0.130. The first-order valence-corrected chi connectivity index (χ1v) is 9.87. The maximum Gasteiger partial charge on any atom is 0.220 e. The third-order valence-electron chi connectivity index (χ3n) is 5.29. The molecule has 3 rings (SSSR count). The predicted molar refractivity (Wildman–Crippen MR) is 106 cm³/mol. The Morgan fingerprint density at radius 3 is 2.85 bits per heavy atom. The Labute approximate surface area is 156 Å². The number of benzene rings is 1. The summed E-state index contributed by atoms with van der Waals surface area (Å²) in [5.74, 6) is 0.167. The van der Waals surface area contributed by atoms with E-state index in [2.05, 4.69) is 68.0 Å². The van der Waals surface area contributed by atoms with E-state index in [1.54, 1.807) is 0 Å². The average molecular weight is 357 g/mol. The van der Waals surface area contributed by atoms with E-state index in [0.29, 0.717) is 12.5 Å². The Bertz CT molecular complexity index is 761. The lowest BCUT2D eigenvalue weighted by Gasteiger charge is -2.35. The Hall–Kier alpha value is -1.81. The lowest BCUT2D eigenvalue weighted by Crippen LogP contribution is -2.45. The van der Waals surface area contributed by atoms with Crippen LogP contribution in [-0.4, -0.2) is 28.7 Å². The number of para-hydroxylation sites is 1. The van der Waals surface area contributed by atoms with Gasteiger partial charge in [0.25, 0.3) is 0 Å². The molecule has 2 aromatic rings. The first-order chi connectivity index (χ1) is 12.4. The molecule has 0 radical (unpaired) electrons. The molecule has 1 aliphatic rings. The van der Waals surface area contributed by atoms with Gasteiger partial charge in [-0.15, -0.1) is 0 Å². The number of carbonyl (C=O) groups excluding carboxylic acids is 1. The van der Waals surface area contributed by atoms with Crippen LogP contribution in [0.4, 0.5) is 0 Å². The number of amides is 1. The molecule has 142 valence electrons. The third kappa shape index (κ3) is 4.47. The second kappa shape index (κ2) is 7.83. The molecular weight excluding hydrogens is 324 g/mol. The van der Waals surface area contributed by atoms with Crippen molar-refractivity contribution >= 4 is 16.8 Å². The Morgan fingerprint density at radius 1 is 1.35 bits per heavy atom. The summed E-state index contributed by atoms with van der Waals surface area (Å²) in [6.07, 6.45) is 6.46. The fourth-order valence-corrected chi connectivity index (χ4v) is 4.00. The van der Waals surface area contributed by atoms with Crippen LogP contribution in [0.15, 0.2) is 30.5 Å². The van der Waals surface area contributed by atoms with Crippen molar-refractivity contribution in [2.45, 2.75) is 77.5 Å². The molecule has 0 bridgehead atoms. The minimum Gasteiger partial charge on any atom is -0.375 e. The molecule has 4 nitrogen and oxygen atoms in total. The summed E-state index contributed by atoms with van der Waals surface area (Å²) < 4.78 is 8.05. The van der Waals surface area contributed by atoms with Crippen LogP contribution in [0.1, 0.15) is 65.0 Å². The number of carbonyl (C=O) groups is 1. The molecular formula is C22H32N2O2. The summed E-state index contributed by atoms with van der Waals surface area (Å²) in [6, 6.07) is 9.23. The van der Waals surface area contributed by atoms with Crippen LogP contribution in [0.25, 0.3) is 10.9 Å². The number of rotatable bonds is 6. The maximum atomic E-state index is 12.3. The molecule has 1 aliphatic heterocycles. The molecule has 4 heteroatoms. The third-order valence-corrected chi connectivity index (χ3v) is 5.29. The van der Waals surface area contributed by atoms with E-state index in [9.17, 15) is 4.79 Å². The van der Waals surface area contributed by atoms with Crippen molar-refractivity contribution in [1.82, 2.24) is 9.88 Å². The van der Waals surface area contributed by atoms with Crippen molar-refractivity contribution in [1.29, 1.82) is 0 Å². The van der Waals surface area contributed by atoms with Crippen molar-refractivity contribution in [3.8, 4) is 0 Å². The van der Waals surface area contributed by atoms with Gasteiger partial charge in [0, 0.05) is 42.2 Å². The number of nitrogens with zero attached hydrogens (tertiary/aromatic N) is 1. The molecule has 1 amide bonds. The quantitative estimate of drug-likeness (QED) is 0.821. The molecule has 0 saturated carbocycles. The van der Waals surface area contributed by atoms with Gasteiger partial charge >= 0.3 is 0 Å². The molecule has 1 fully saturated rings. The van der Waals surface area contributed by atoms with Gasteiger partial charge in [0.2, 0.25) is 5.91 Å². The van der Waals surface area contributed by atoms with E-state index < -0.39 is 0 Å². The number of aromatic nitrogens is 1. The monoisotopic (exact) mass is 356 g/mol. The van der Waals surface area contributed by atoms with E-state index in [1.165, 1.54) is 16.5 Å². The zero-order valence-electron chi connectivity index (χ0n) is 16.5.